The first-order chi connectivity index (χ1) is 9.63. The third-order valence-electron chi connectivity index (χ3n) is 2.96. The highest BCUT2D eigenvalue weighted by Gasteiger charge is 2.03. The molecule has 2 nitrogen and oxygen atoms in total. The SMILES string of the molecule is Cc1cc(F)ccc1-c1ccc(C=C(C#N)C#N)cc1. The molecule has 2 rings (SSSR count). The smallest absolute Gasteiger partial charge is 0.130 e. The van der Waals surface area contributed by atoms with Crippen LogP contribution in [0.15, 0.2) is 48.0 Å². The largest absolute Gasteiger partial charge is 0.207 e. The van der Waals surface area contributed by atoms with Crippen LogP contribution in [0.4, 0.5) is 4.39 Å². The molecule has 2 aromatic rings. The van der Waals surface area contributed by atoms with E-state index in [4.69, 9.17) is 10.5 Å². The van der Waals surface area contributed by atoms with Gasteiger partial charge in [0, 0.05) is 0 Å². The van der Waals surface area contributed by atoms with Crippen LogP contribution in [0.2, 0.25) is 0 Å². The van der Waals surface area contributed by atoms with Crippen LogP contribution in [0.5, 0.6) is 0 Å². The summed E-state index contributed by atoms with van der Waals surface area (Å²) < 4.78 is 13.1. The molecule has 0 radical (unpaired) electrons. The Balaban J connectivity index is 2.36. The van der Waals surface area contributed by atoms with Crippen molar-refractivity contribution in [2.45, 2.75) is 6.92 Å². The summed E-state index contributed by atoms with van der Waals surface area (Å²) in [7, 11) is 0. The number of rotatable bonds is 2. The van der Waals surface area contributed by atoms with Gasteiger partial charge in [-0.1, -0.05) is 30.3 Å². The Morgan fingerprint density at radius 2 is 1.70 bits per heavy atom. The molecule has 0 aliphatic heterocycles. The number of nitrogens with zero attached hydrogens (tertiary/aromatic N) is 2. The highest BCUT2D eigenvalue weighted by atomic mass is 19.1. The monoisotopic (exact) mass is 262 g/mol. The summed E-state index contributed by atoms with van der Waals surface area (Å²) in [6, 6.07) is 15.7. The molecule has 2 aromatic carbocycles. The first-order valence-corrected chi connectivity index (χ1v) is 6.02. The third kappa shape index (κ3) is 2.91. The minimum absolute atomic E-state index is 0.0655. The second-order valence-corrected chi connectivity index (χ2v) is 4.36. The van der Waals surface area contributed by atoms with Crippen LogP contribution >= 0.6 is 0 Å². The lowest BCUT2D eigenvalue weighted by atomic mass is 9.99. The highest BCUT2D eigenvalue weighted by Crippen LogP contribution is 2.24. The van der Waals surface area contributed by atoms with E-state index in [1.807, 2.05) is 43.3 Å². The fourth-order valence-corrected chi connectivity index (χ4v) is 1.97. The number of halogens is 1. The number of allylic oxidation sites excluding steroid dienone is 1. The molecular formula is C17H11FN2. The van der Waals surface area contributed by atoms with Crippen LogP contribution in [0, 0.1) is 35.4 Å². The molecule has 0 N–H and O–H groups in total. The van der Waals surface area contributed by atoms with Gasteiger partial charge in [0.15, 0.2) is 0 Å². The summed E-state index contributed by atoms with van der Waals surface area (Å²) in [4.78, 5) is 0. The van der Waals surface area contributed by atoms with Crippen molar-refractivity contribution in [3.63, 3.8) is 0 Å². The van der Waals surface area contributed by atoms with Crippen molar-refractivity contribution in [3.05, 3.63) is 65.0 Å². The molecule has 0 unspecified atom stereocenters. The molecule has 0 saturated carbocycles. The quantitative estimate of drug-likeness (QED) is 0.760. The number of nitriles is 2. The van der Waals surface area contributed by atoms with Gasteiger partial charge in [-0.2, -0.15) is 10.5 Å². The molecule has 0 saturated heterocycles. The summed E-state index contributed by atoms with van der Waals surface area (Å²) in [6.07, 6.45) is 1.53. The second-order valence-electron chi connectivity index (χ2n) is 4.36. The molecule has 0 bridgehead atoms. The summed E-state index contributed by atoms with van der Waals surface area (Å²) in [5, 5.41) is 17.4. The topological polar surface area (TPSA) is 47.6 Å². The summed E-state index contributed by atoms with van der Waals surface area (Å²) >= 11 is 0. The second kappa shape index (κ2) is 5.82. The molecule has 0 aliphatic rings. The number of benzene rings is 2. The summed E-state index contributed by atoms with van der Waals surface area (Å²) in [5.41, 5.74) is 3.64. The fraction of sp³-hybridized carbons (Fsp3) is 0.0588. The van der Waals surface area contributed by atoms with E-state index in [-0.39, 0.29) is 11.4 Å². The zero-order chi connectivity index (χ0) is 14.5. The van der Waals surface area contributed by atoms with E-state index >= 15 is 0 Å². The summed E-state index contributed by atoms with van der Waals surface area (Å²) in [5.74, 6) is -0.251. The van der Waals surface area contributed by atoms with Gasteiger partial charge in [-0.3, -0.25) is 0 Å². The van der Waals surface area contributed by atoms with E-state index < -0.39 is 0 Å². The van der Waals surface area contributed by atoms with Crippen LogP contribution in [0.1, 0.15) is 11.1 Å². The molecule has 0 atom stereocenters. The van der Waals surface area contributed by atoms with Gasteiger partial charge in [0.2, 0.25) is 0 Å². The molecule has 3 heteroatoms. The average Bonchev–Trinajstić information content (AvgIpc) is 2.46. The zero-order valence-corrected chi connectivity index (χ0v) is 10.9. The van der Waals surface area contributed by atoms with Crippen molar-refractivity contribution in [2.75, 3.05) is 0 Å². The van der Waals surface area contributed by atoms with Crippen LogP contribution in [-0.4, -0.2) is 0 Å². The van der Waals surface area contributed by atoms with Crippen molar-refractivity contribution in [1.82, 2.24) is 0 Å². The van der Waals surface area contributed by atoms with Crippen molar-refractivity contribution >= 4 is 6.08 Å². The Bertz CT molecular complexity index is 728. The number of hydrogen-bond acceptors (Lipinski definition) is 2. The lowest BCUT2D eigenvalue weighted by Crippen LogP contribution is -1.85. The van der Waals surface area contributed by atoms with Crippen LogP contribution in [0.25, 0.3) is 17.2 Å². The minimum atomic E-state index is -0.251. The maximum atomic E-state index is 13.1. The van der Waals surface area contributed by atoms with Gasteiger partial charge < -0.3 is 0 Å². The molecular weight excluding hydrogens is 251 g/mol. The molecule has 0 aliphatic carbocycles. The van der Waals surface area contributed by atoms with Gasteiger partial charge in [0.25, 0.3) is 0 Å². The van der Waals surface area contributed by atoms with Crippen molar-refractivity contribution < 1.29 is 4.39 Å². The number of aryl methyl sites for hydroxylation is 1. The molecule has 96 valence electrons. The van der Waals surface area contributed by atoms with Gasteiger partial charge in [-0.05, 0) is 47.4 Å². The van der Waals surface area contributed by atoms with Crippen LogP contribution in [0.3, 0.4) is 0 Å². The maximum Gasteiger partial charge on any atom is 0.130 e. The first-order valence-electron chi connectivity index (χ1n) is 6.02. The first kappa shape index (κ1) is 13.5. The number of hydrogen-bond donors (Lipinski definition) is 0. The lowest BCUT2D eigenvalue weighted by Gasteiger charge is -2.06. The minimum Gasteiger partial charge on any atom is -0.207 e. The molecule has 0 aromatic heterocycles. The Labute approximate surface area is 117 Å². The van der Waals surface area contributed by atoms with Crippen molar-refractivity contribution in [3.8, 4) is 23.3 Å². The van der Waals surface area contributed by atoms with E-state index in [1.54, 1.807) is 6.07 Å². The van der Waals surface area contributed by atoms with E-state index in [9.17, 15) is 4.39 Å². The van der Waals surface area contributed by atoms with Crippen LogP contribution in [-0.2, 0) is 0 Å². The molecule has 0 fully saturated rings. The van der Waals surface area contributed by atoms with E-state index in [1.165, 1.54) is 18.2 Å². The lowest BCUT2D eigenvalue weighted by molar-refractivity contribution is 0.627. The van der Waals surface area contributed by atoms with Gasteiger partial charge >= 0.3 is 0 Å². The fourth-order valence-electron chi connectivity index (χ4n) is 1.97. The Morgan fingerprint density at radius 1 is 1.05 bits per heavy atom. The Kier molecular flexibility index (Phi) is 3.93. The Hall–Kier alpha value is -2.91. The normalized spacial score (nSPS) is 9.40. The third-order valence-corrected chi connectivity index (χ3v) is 2.96. The maximum absolute atomic E-state index is 13.1. The van der Waals surface area contributed by atoms with E-state index in [0.717, 1.165) is 22.3 Å². The standard InChI is InChI=1S/C17H11FN2/c1-12-8-16(18)6-7-17(12)15-4-2-13(3-5-15)9-14(10-19)11-20/h2-9H,1H3. The van der Waals surface area contributed by atoms with E-state index in [2.05, 4.69) is 0 Å². The molecule has 20 heavy (non-hydrogen) atoms. The zero-order valence-electron chi connectivity index (χ0n) is 10.9. The molecule has 0 spiro atoms. The molecule has 0 amide bonds. The summed E-state index contributed by atoms with van der Waals surface area (Å²) in [6.45, 7) is 1.86. The van der Waals surface area contributed by atoms with Gasteiger partial charge in [0.1, 0.15) is 23.5 Å². The highest BCUT2D eigenvalue weighted by molar-refractivity contribution is 5.70. The van der Waals surface area contributed by atoms with E-state index in [0.29, 0.717) is 0 Å². The molecule has 0 heterocycles. The van der Waals surface area contributed by atoms with Gasteiger partial charge in [-0.15, -0.1) is 0 Å². The predicted octanol–water partition coefficient (Wildman–Crippen LogP) is 4.23. The Morgan fingerprint density at radius 3 is 2.25 bits per heavy atom. The predicted molar refractivity (Wildman–Crippen MR) is 75.8 cm³/mol. The van der Waals surface area contributed by atoms with Crippen molar-refractivity contribution in [2.24, 2.45) is 0 Å². The average molecular weight is 262 g/mol. The van der Waals surface area contributed by atoms with Crippen molar-refractivity contribution in [1.29, 1.82) is 10.5 Å². The van der Waals surface area contributed by atoms with Gasteiger partial charge in [0.05, 0.1) is 0 Å². The van der Waals surface area contributed by atoms with Gasteiger partial charge in [-0.25, -0.2) is 4.39 Å². The van der Waals surface area contributed by atoms with Crippen LogP contribution < -0.4 is 0 Å².